The Bertz CT molecular complexity index is 302. The lowest BCUT2D eigenvalue weighted by molar-refractivity contribution is 0.0515. The molecule has 2 aliphatic rings. The number of nitrogens with zero attached hydrogens (tertiary/aromatic N) is 3. The van der Waals surface area contributed by atoms with Crippen LogP contribution in [0.15, 0.2) is 5.11 Å². The van der Waals surface area contributed by atoms with Crippen molar-refractivity contribution in [3.63, 3.8) is 0 Å². The molecule has 0 heterocycles. The fraction of sp³-hybridized carbons (Fsp3) is 1.00. The van der Waals surface area contributed by atoms with Crippen LogP contribution in [-0.4, -0.2) is 5.54 Å². The summed E-state index contributed by atoms with van der Waals surface area (Å²) in [6.45, 7) is 6.72. The van der Waals surface area contributed by atoms with E-state index in [4.69, 9.17) is 5.53 Å². The lowest BCUT2D eigenvalue weighted by atomic mass is 9.59. The maximum atomic E-state index is 8.80. The van der Waals surface area contributed by atoms with Crippen LogP contribution in [-0.2, 0) is 0 Å². The minimum absolute atomic E-state index is 0.117. The molecule has 0 aliphatic heterocycles. The lowest BCUT2D eigenvalue weighted by Crippen LogP contribution is -2.48. The predicted octanol–water partition coefficient (Wildman–Crippen LogP) is 4.29. The summed E-state index contributed by atoms with van der Waals surface area (Å²) in [5.74, 6) is 1.44. The fourth-order valence-corrected chi connectivity index (χ4v) is 4.63. The van der Waals surface area contributed by atoms with Crippen LogP contribution in [0.3, 0.4) is 0 Å². The molecule has 0 amide bonds. The first-order valence-corrected chi connectivity index (χ1v) is 6.21. The Morgan fingerprint density at radius 3 is 2.40 bits per heavy atom. The molecule has 3 atom stereocenters. The monoisotopic (exact) mass is 207 g/mol. The Morgan fingerprint density at radius 1 is 1.27 bits per heavy atom. The first-order valence-electron chi connectivity index (χ1n) is 6.21. The lowest BCUT2D eigenvalue weighted by Gasteiger charge is -2.48. The van der Waals surface area contributed by atoms with Gasteiger partial charge >= 0.3 is 0 Å². The second kappa shape index (κ2) is 3.41. The predicted molar refractivity (Wildman–Crippen MR) is 61.4 cm³/mol. The molecule has 2 rings (SSSR count). The molecular formula is C12H21N3. The van der Waals surface area contributed by atoms with Crippen molar-refractivity contribution in [1.29, 1.82) is 0 Å². The molecule has 3 nitrogen and oxygen atoms in total. The molecule has 84 valence electrons. The number of fused-ring (bicyclic) bond motifs is 2. The number of hydrogen-bond donors (Lipinski definition) is 0. The first-order chi connectivity index (χ1) is 7.14. The van der Waals surface area contributed by atoms with E-state index < -0.39 is 0 Å². The molecule has 2 fully saturated rings. The SMILES string of the molecule is CCC1(CC)C2CCC(C2)C1(C)N=[N+]=[N-]. The van der Waals surface area contributed by atoms with Gasteiger partial charge in [0.25, 0.3) is 0 Å². The highest BCUT2D eigenvalue weighted by Gasteiger charge is 2.62. The molecule has 15 heavy (non-hydrogen) atoms. The van der Waals surface area contributed by atoms with Gasteiger partial charge < -0.3 is 0 Å². The van der Waals surface area contributed by atoms with Gasteiger partial charge in [0, 0.05) is 4.91 Å². The normalized spacial score (nSPS) is 41.5. The molecule has 0 aromatic heterocycles. The maximum Gasteiger partial charge on any atom is 0.0546 e. The van der Waals surface area contributed by atoms with E-state index in [1.807, 2.05) is 0 Å². The highest BCUT2D eigenvalue weighted by Crippen LogP contribution is 2.66. The van der Waals surface area contributed by atoms with Gasteiger partial charge in [-0.05, 0) is 54.9 Å². The second-order valence-electron chi connectivity index (χ2n) is 5.41. The van der Waals surface area contributed by atoms with Crippen molar-refractivity contribution >= 4 is 0 Å². The van der Waals surface area contributed by atoms with Gasteiger partial charge in [0.1, 0.15) is 0 Å². The standard InChI is InChI=1S/C12H21N3/c1-4-12(5-2)10-7-6-9(8-10)11(12,3)14-15-13/h9-10H,4-8H2,1-3H3. The van der Waals surface area contributed by atoms with Crippen molar-refractivity contribution in [2.75, 3.05) is 0 Å². The van der Waals surface area contributed by atoms with Gasteiger partial charge in [0.05, 0.1) is 5.54 Å². The second-order valence-corrected chi connectivity index (χ2v) is 5.41. The van der Waals surface area contributed by atoms with Gasteiger partial charge in [-0.2, -0.15) is 0 Å². The first kappa shape index (κ1) is 10.8. The van der Waals surface area contributed by atoms with E-state index in [-0.39, 0.29) is 11.0 Å². The average molecular weight is 207 g/mol. The quantitative estimate of drug-likeness (QED) is 0.376. The molecule has 2 bridgehead atoms. The van der Waals surface area contributed by atoms with Crippen molar-refractivity contribution in [1.82, 2.24) is 0 Å². The zero-order valence-corrected chi connectivity index (χ0v) is 10.0. The highest BCUT2D eigenvalue weighted by atomic mass is 15.2. The molecular weight excluding hydrogens is 186 g/mol. The largest absolute Gasteiger partial charge is 0.0867 e. The van der Waals surface area contributed by atoms with Crippen LogP contribution in [0.1, 0.15) is 52.9 Å². The van der Waals surface area contributed by atoms with Gasteiger partial charge in [-0.1, -0.05) is 25.9 Å². The van der Waals surface area contributed by atoms with Crippen LogP contribution in [0.2, 0.25) is 0 Å². The number of azide groups is 1. The highest BCUT2D eigenvalue weighted by molar-refractivity contribution is 5.16. The van der Waals surface area contributed by atoms with Crippen molar-refractivity contribution < 1.29 is 0 Å². The third-order valence-electron chi connectivity index (χ3n) is 5.53. The van der Waals surface area contributed by atoms with Crippen LogP contribution in [0.25, 0.3) is 10.4 Å². The molecule has 0 N–H and O–H groups in total. The van der Waals surface area contributed by atoms with Crippen LogP contribution in [0.5, 0.6) is 0 Å². The Labute approximate surface area is 91.9 Å². The summed E-state index contributed by atoms with van der Waals surface area (Å²) in [4.78, 5) is 3.12. The van der Waals surface area contributed by atoms with Crippen LogP contribution >= 0.6 is 0 Å². The summed E-state index contributed by atoms with van der Waals surface area (Å²) < 4.78 is 0. The van der Waals surface area contributed by atoms with E-state index >= 15 is 0 Å². The average Bonchev–Trinajstić information content (AvgIpc) is 2.77. The molecule has 0 saturated heterocycles. The van der Waals surface area contributed by atoms with E-state index in [1.165, 1.54) is 19.3 Å². The van der Waals surface area contributed by atoms with Crippen LogP contribution < -0.4 is 0 Å². The van der Waals surface area contributed by atoms with E-state index in [2.05, 4.69) is 30.8 Å². The molecule has 0 aromatic rings. The third kappa shape index (κ3) is 1.10. The van der Waals surface area contributed by atoms with E-state index in [0.717, 1.165) is 18.8 Å². The Hall–Kier alpha value is -0.690. The zero-order chi connectivity index (χ0) is 11.1. The summed E-state index contributed by atoms with van der Waals surface area (Å²) in [6, 6.07) is 0. The molecule has 0 spiro atoms. The zero-order valence-electron chi connectivity index (χ0n) is 10.0. The number of hydrogen-bond acceptors (Lipinski definition) is 1. The molecule has 0 aromatic carbocycles. The maximum absolute atomic E-state index is 8.80. The third-order valence-corrected chi connectivity index (χ3v) is 5.53. The van der Waals surface area contributed by atoms with Gasteiger partial charge in [-0.15, -0.1) is 0 Å². The fourth-order valence-electron chi connectivity index (χ4n) is 4.63. The van der Waals surface area contributed by atoms with Gasteiger partial charge in [0.15, 0.2) is 0 Å². The Morgan fingerprint density at radius 2 is 1.87 bits per heavy atom. The molecule has 0 radical (unpaired) electrons. The van der Waals surface area contributed by atoms with Crippen molar-refractivity contribution in [2.45, 2.75) is 58.4 Å². The van der Waals surface area contributed by atoms with Crippen molar-refractivity contribution in [3.05, 3.63) is 10.4 Å². The van der Waals surface area contributed by atoms with E-state index in [9.17, 15) is 0 Å². The Balaban J connectivity index is 2.47. The number of rotatable bonds is 3. The summed E-state index contributed by atoms with van der Waals surface area (Å²) in [7, 11) is 0. The van der Waals surface area contributed by atoms with Gasteiger partial charge in [0.2, 0.25) is 0 Å². The van der Waals surface area contributed by atoms with Gasteiger partial charge in [-0.3, -0.25) is 0 Å². The van der Waals surface area contributed by atoms with Gasteiger partial charge in [-0.25, -0.2) is 0 Å². The smallest absolute Gasteiger partial charge is 0.0546 e. The van der Waals surface area contributed by atoms with E-state index in [1.54, 1.807) is 0 Å². The molecule has 3 heteroatoms. The topological polar surface area (TPSA) is 48.8 Å². The Kier molecular flexibility index (Phi) is 2.46. The summed E-state index contributed by atoms with van der Waals surface area (Å²) >= 11 is 0. The van der Waals surface area contributed by atoms with E-state index in [0.29, 0.717) is 5.92 Å². The van der Waals surface area contributed by atoms with Crippen LogP contribution in [0.4, 0.5) is 0 Å². The molecule has 2 aliphatic carbocycles. The molecule has 3 unspecified atom stereocenters. The minimum atomic E-state index is -0.117. The van der Waals surface area contributed by atoms with Crippen molar-refractivity contribution in [3.8, 4) is 0 Å². The summed E-state index contributed by atoms with van der Waals surface area (Å²) in [6.07, 6.45) is 6.21. The summed E-state index contributed by atoms with van der Waals surface area (Å²) in [5, 5.41) is 4.21. The van der Waals surface area contributed by atoms with Crippen molar-refractivity contribution in [2.24, 2.45) is 22.4 Å². The molecule has 2 saturated carbocycles. The summed E-state index contributed by atoms with van der Waals surface area (Å²) in [5.41, 5.74) is 8.96. The minimum Gasteiger partial charge on any atom is -0.0867 e. The van der Waals surface area contributed by atoms with Crippen LogP contribution in [0, 0.1) is 17.3 Å².